The number of benzene rings is 2. The average molecular weight is 280 g/mol. The summed E-state index contributed by atoms with van der Waals surface area (Å²) in [7, 11) is 0. The molecular formula is C19H20O2. The molecule has 0 fully saturated rings. The van der Waals surface area contributed by atoms with Crippen molar-refractivity contribution in [2.45, 2.75) is 32.6 Å². The third kappa shape index (κ3) is 4.12. The number of hydrogen-bond acceptors (Lipinski definition) is 2. The molecule has 0 radical (unpaired) electrons. The van der Waals surface area contributed by atoms with Crippen molar-refractivity contribution >= 4 is 11.6 Å². The summed E-state index contributed by atoms with van der Waals surface area (Å²) >= 11 is 0. The highest BCUT2D eigenvalue weighted by Crippen LogP contribution is 2.15. The maximum absolute atomic E-state index is 12.4. The highest BCUT2D eigenvalue weighted by Gasteiger charge is 2.15. The highest BCUT2D eigenvalue weighted by atomic mass is 16.1. The summed E-state index contributed by atoms with van der Waals surface area (Å²) in [6, 6.07) is 16.6. The van der Waals surface area contributed by atoms with Gasteiger partial charge in [0.2, 0.25) is 0 Å². The first-order valence-electron chi connectivity index (χ1n) is 7.41. The van der Waals surface area contributed by atoms with Gasteiger partial charge in [0.25, 0.3) is 0 Å². The maximum atomic E-state index is 12.4. The van der Waals surface area contributed by atoms with E-state index in [9.17, 15) is 9.59 Å². The summed E-state index contributed by atoms with van der Waals surface area (Å²) in [6.45, 7) is 2.13. The van der Waals surface area contributed by atoms with Crippen LogP contribution < -0.4 is 0 Å². The molecule has 0 atom stereocenters. The van der Waals surface area contributed by atoms with Crippen molar-refractivity contribution in [1.29, 1.82) is 0 Å². The lowest BCUT2D eigenvalue weighted by atomic mass is 9.95. The van der Waals surface area contributed by atoms with Gasteiger partial charge >= 0.3 is 0 Å². The lowest BCUT2D eigenvalue weighted by molar-refractivity contribution is 0.0894. The van der Waals surface area contributed by atoms with Crippen molar-refractivity contribution in [3.8, 4) is 0 Å². The van der Waals surface area contributed by atoms with Gasteiger partial charge in [0.05, 0.1) is 6.42 Å². The first-order valence-corrected chi connectivity index (χ1v) is 7.41. The summed E-state index contributed by atoms with van der Waals surface area (Å²) < 4.78 is 0. The van der Waals surface area contributed by atoms with Gasteiger partial charge in [-0.25, -0.2) is 0 Å². The molecule has 2 aromatic carbocycles. The zero-order chi connectivity index (χ0) is 15.1. The van der Waals surface area contributed by atoms with Crippen molar-refractivity contribution in [3.05, 3.63) is 71.3 Å². The van der Waals surface area contributed by atoms with E-state index in [0.29, 0.717) is 11.1 Å². The van der Waals surface area contributed by atoms with Gasteiger partial charge in [-0.1, -0.05) is 67.9 Å². The Kier molecular flexibility index (Phi) is 5.44. The van der Waals surface area contributed by atoms with E-state index in [0.717, 1.165) is 24.8 Å². The minimum absolute atomic E-state index is 0.0623. The second-order valence-electron chi connectivity index (χ2n) is 5.15. The van der Waals surface area contributed by atoms with Crippen molar-refractivity contribution in [1.82, 2.24) is 0 Å². The molecule has 0 saturated carbocycles. The molecule has 0 saturated heterocycles. The molecule has 0 aliphatic heterocycles. The molecule has 0 heterocycles. The molecule has 0 aliphatic rings. The SMILES string of the molecule is CCCCc1ccccc1C(=O)CC(=O)c1ccccc1. The Hall–Kier alpha value is -2.22. The summed E-state index contributed by atoms with van der Waals surface area (Å²) in [5.74, 6) is -0.207. The van der Waals surface area contributed by atoms with Crippen LogP contribution in [0.15, 0.2) is 54.6 Å². The zero-order valence-corrected chi connectivity index (χ0v) is 12.3. The topological polar surface area (TPSA) is 34.1 Å². The molecule has 0 bridgehead atoms. The number of Topliss-reactive ketones (excluding diaryl/α,β-unsaturated/α-hetero) is 2. The van der Waals surface area contributed by atoms with E-state index < -0.39 is 0 Å². The lowest BCUT2D eigenvalue weighted by Gasteiger charge is -2.08. The molecule has 0 amide bonds. The van der Waals surface area contributed by atoms with E-state index in [2.05, 4.69) is 6.92 Å². The van der Waals surface area contributed by atoms with Crippen LogP contribution >= 0.6 is 0 Å². The van der Waals surface area contributed by atoms with Crippen molar-refractivity contribution < 1.29 is 9.59 Å². The van der Waals surface area contributed by atoms with Crippen LogP contribution in [0.4, 0.5) is 0 Å². The maximum Gasteiger partial charge on any atom is 0.170 e. The molecule has 0 aromatic heterocycles. The Bertz CT molecular complexity index is 614. The second-order valence-corrected chi connectivity index (χ2v) is 5.15. The summed E-state index contributed by atoms with van der Waals surface area (Å²) in [6.07, 6.45) is 2.97. The van der Waals surface area contributed by atoms with Crippen molar-refractivity contribution in [2.24, 2.45) is 0 Å². The third-order valence-corrected chi connectivity index (χ3v) is 3.53. The molecule has 21 heavy (non-hydrogen) atoms. The number of aryl methyl sites for hydroxylation is 1. The molecule has 2 heteroatoms. The van der Waals surface area contributed by atoms with Gasteiger partial charge in [-0.2, -0.15) is 0 Å². The van der Waals surface area contributed by atoms with Gasteiger partial charge in [0, 0.05) is 11.1 Å². The molecule has 0 unspecified atom stereocenters. The van der Waals surface area contributed by atoms with Gasteiger partial charge < -0.3 is 0 Å². The van der Waals surface area contributed by atoms with Gasteiger partial charge in [0.1, 0.15) is 0 Å². The minimum Gasteiger partial charge on any atom is -0.294 e. The van der Waals surface area contributed by atoms with Gasteiger partial charge in [-0.05, 0) is 18.4 Å². The van der Waals surface area contributed by atoms with E-state index in [1.807, 2.05) is 42.5 Å². The van der Waals surface area contributed by atoms with Gasteiger partial charge in [-0.15, -0.1) is 0 Å². The van der Waals surface area contributed by atoms with Crippen LogP contribution in [-0.4, -0.2) is 11.6 Å². The quantitative estimate of drug-likeness (QED) is 0.553. The minimum atomic E-state index is -0.120. The third-order valence-electron chi connectivity index (χ3n) is 3.53. The van der Waals surface area contributed by atoms with Crippen LogP contribution in [0.1, 0.15) is 52.5 Å². The Balaban J connectivity index is 2.12. The molecule has 0 N–H and O–H groups in total. The first kappa shape index (κ1) is 15.2. The van der Waals surface area contributed by atoms with Crippen LogP contribution in [0.5, 0.6) is 0 Å². The molecular weight excluding hydrogens is 260 g/mol. The molecule has 2 nitrogen and oxygen atoms in total. The number of carbonyl (C=O) groups is 2. The predicted octanol–water partition coefficient (Wildman–Crippen LogP) is 4.48. The Labute approximate surface area is 125 Å². The fourth-order valence-electron chi connectivity index (χ4n) is 2.34. The number of carbonyl (C=O) groups excluding carboxylic acids is 2. The molecule has 2 rings (SSSR count). The second kappa shape index (κ2) is 7.53. The lowest BCUT2D eigenvalue weighted by Crippen LogP contribution is -2.10. The standard InChI is InChI=1S/C19H20O2/c1-2-3-9-15-10-7-8-13-17(15)19(21)14-18(20)16-11-5-4-6-12-16/h4-8,10-13H,2-3,9,14H2,1H3. The average Bonchev–Trinajstić information content (AvgIpc) is 2.54. The van der Waals surface area contributed by atoms with Crippen molar-refractivity contribution in [3.63, 3.8) is 0 Å². The van der Waals surface area contributed by atoms with Crippen LogP contribution in [0.2, 0.25) is 0 Å². The van der Waals surface area contributed by atoms with Crippen LogP contribution in [0.3, 0.4) is 0 Å². The Morgan fingerprint density at radius 3 is 2.24 bits per heavy atom. The normalized spacial score (nSPS) is 10.3. The fourth-order valence-corrected chi connectivity index (χ4v) is 2.34. The fraction of sp³-hybridized carbons (Fsp3) is 0.263. The summed E-state index contributed by atoms with van der Waals surface area (Å²) in [4.78, 5) is 24.5. The number of hydrogen-bond donors (Lipinski definition) is 0. The number of unbranched alkanes of at least 4 members (excludes halogenated alkanes) is 1. The number of ketones is 2. The van der Waals surface area contributed by atoms with Crippen LogP contribution in [-0.2, 0) is 6.42 Å². The number of rotatable bonds is 7. The monoisotopic (exact) mass is 280 g/mol. The predicted molar refractivity (Wildman–Crippen MR) is 84.8 cm³/mol. The van der Waals surface area contributed by atoms with E-state index in [4.69, 9.17) is 0 Å². The van der Waals surface area contributed by atoms with E-state index in [1.165, 1.54) is 0 Å². The van der Waals surface area contributed by atoms with Gasteiger partial charge in [-0.3, -0.25) is 9.59 Å². The summed E-state index contributed by atoms with van der Waals surface area (Å²) in [5.41, 5.74) is 2.33. The van der Waals surface area contributed by atoms with Crippen LogP contribution in [0.25, 0.3) is 0 Å². The Morgan fingerprint density at radius 1 is 0.857 bits per heavy atom. The first-order chi connectivity index (χ1) is 10.2. The van der Waals surface area contributed by atoms with Crippen LogP contribution in [0, 0.1) is 0 Å². The van der Waals surface area contributed by atoms with E-state index >= 15 is 0 Å². The molecule has 0 aliphatic carbocycles. The Morgan fingerprint density at radius 2 is 1.52 bits per heavy atom. The van der Waals surface area contributed by atoms with E-state index in [-0.39, 0.29) is 18.0 Å². The largest absolute Gasteiger partial charge is 0.294 e. The molecule has 108 valence electrons. The zero-order valence-electron chi connectivity index (χ0n) is 12.3. The van der Waals surface area contributed by atoms with Gasteiger partial charge in [0.15, 0.2) is 11.6 Å². The molecule has 2 aromatic rings. The van der Waals surface area contributed by atoms with Crippen molar-refractivity contribution in [2.75, 3.05) is 0 Å². The summed E-state index contributed by atoms with van der Waals surface area (Å²) in [5, 5.41) is 0. The smallest absolute Gasteiger partial charge is 0.170 e. The molecule has 0 spiro atoms. The highest BCUT2D eigenvalue weighted by molar-refractivity contribution is 6.13. The van der Waals surface area contributed by atoms with E-state index in [1.54, 1.807) is 12.1 Å².